The van der Waals surface area contributed by atoms with Gasteiger partial charge in [-0.3, -0.25) is 14.2 Å². The number of rotatable bonds is 7. The molecule has 1 aromatic carbocycles. The number of amides is 1. The van der Waals surface area contributed by atoms with Gasteiger partial charge < -0.3 is 14.8 Å². The Balaban J connectivity index is 2.25. The Morgan fingerprint density at radius 3 is 2.30 bits per heavy atom. The summed E-state index contributed by atoms with van der Waals surface area (Å²) in [5, 5.41) is 2.63. The Hall–Kier alpha value is -3.23. The van der Waals surface area contributed by atoms with Gasteiger partial charge in [0.2, 0.25) is 11.9 Å². The predicted octanol–water partition coefficient (Wildman–Crippen LogP) is 0.316. The number of aromatic nitrogens is 2. The van der Waals surface area contributed by atoms with Crippen LogP contribution in [0.2, 0.25) is 0 Å². The van der Waals surface area contributed by atoms with Gasteiger partial charge in [0.1, 0.15) is 12.4 Å². The van der Waals surface area contributed by atoms with Crippen molar-refractivity contribution >= 4 is 28.7 Å². The maximum absolute atomic E-state index is 12.6. The first-order chi connectivity index (χ1) is 12.9. The first-order valence-electron chi connectivity index (χ1n) is 8.47. The van der Waals surface area contributed by atoms with E-state index in [-0.39, 0.29) is 13.2 Å². The van der Waals surface area contributed by atoms with Crippen molar-refractivity contribution < 1.29 is 23.9 Å². The molecule has 0 aliphatic rings. The molecule has 1 aromatic heterocycles. The molecule has 1 heterocycles. The third kappa shape index (κ3) is 4.69. The van der Waals surface area contributed by atoms with Crippen LogP contribution in [0.5, 0.6) is 0 Å². The molecule has 0 spiro atoms. The van der Waals surface area contributed by atoms with Gasteiger partial charge in [0.15, 0.2) is 0 Å². The summed E-state index contributed by atoms with van der Waals surface area (Å²) in [5.74, 6) is -2.24. The summed E-state index contributed by atoms with van der Waals surface area (Å²) in [7, 11) is 0. The van der Waals surface area contributed by atoms with E-state index in [2.05, 4.69) is 10.3 Å². The van der Waals surface area contributed by atoms with E-state index in [9.17, 15) is 19.2 Å². The van der Waals surface area contributed by atoms with Gasteiger partial charge in [0.05, 0.1) is 24.1 Å². The average Bonchev–Trinajstić information content (AvgIpc) is 2.63. The summed E-state index contributed by atoms with van der Waals surface area (Å²) in [5.41, 5.74) is 0.129. The molecule has 144 valence electrons. The van der Waals surface area contributed by atoms with E-state index in [4.69, 9.17) is 9.47 Å². The highest BCUT2D eigenvalue weighted by molar-refractivity contribution is 6.02. The van der Waals surface area contributed by atoms with Crippen molar-refractivity contribution in [2.24, 2.45) is 0 Å². The lowest BCUT2D eigenvalue weighted by Crippen LogP contribution is -2.49. The number of fused-ring (bicyclic) bond motifs is 1. The van der Waals surface area contributed by atoms with E-state index < -0.39 is 36.0 Å². The quantitative estimate of drug-likeness (QED) is 0.547. The van der Waals surface area contributed by atoms with Crippen LogP contribution < -0.4 is 10.9 Å². The van der Waals surface area contributed by atoms with Crippen LogP contribution in [0.25, 0.3) is 10.9 Å². The molecule has 0 saturated heterocycles. The number of aryl methyl sites for hydroxylation is 1. The molecule has 0 unspecified atom stereocenters. The van der Waals surface area contributed by atoms with Gasteiger partial charge in [-0.25, -0.2) is 14.6 Å². The predicted molar refractivity (Wildman–Crippen MR) is 95.9 cm³/mol. The second-order valence-corrected chi connectivity index (χ2v) is 5.57. The van der Waals surface area contributed by atoms with Crippen LogP contribution in [0.4, 0.5) is 0 Å². The zero-order chi connectivity index (χ0) is 20.0. The molecule has 0 aliphatic heterocycles. The molecular weight excluding hydrogens is 354 g/mol. The molecule has 1 N–H and O–H groups in total. The minimum Gasteiger partial charge on any atom is -0.464 e. The molecule has 2 rings (SSSR count). The smallest absolute Gasteiger partial charge is 0.340 e. The zero-order valence-corrected chi connectivity index (χ0v) is 15.4. The highest BCUT2D eigenvalue weighted by atomic mass is 16.6. The van der Waals surface area contributed by atoms with Gasteiger partial charge in [-0.1, -0.05) is 12.1 Å². The van der Waals surface area contributed by atoms with Gasteiger partial charge in [-0.05, 0) is 32.9 Å². The van der Waals surface area contributed by atoms with Crippen LogP contribution in [-0.2, 0) is 30.4 Å². The standard InChI is InChI=1S/C18H21N3O6/c1-4-26-17(24)15(18(25)27-5-2)20-14(22)10-21-11(3)19-13-9-7-6-8-12(13)16(21)23/h6-9,15H,4-5,10H2,1-3H3,(H,20,22). The number of hydrogen-bond donors (Lipinski definition) is 1. The van der Waals surface area contributed by atoms with Gasteiger partial charge >= 0.3 is 11.9 Å². The Morgan fingerprint density at radius 1 is 1.11 bits per heavy atom. The summed E-state index contributed by atoms with van der Waals surface area (Å²) >= 11 is 0. The molecule has 0 fully saturated rings. The van der Waals surface area contributed by atoms with Gasteiger partial charge in [0, 0.05) is 0 Å². The minimum absolute atomic E-state index is 0.0395. The molecule has 9 heteroatoms. The lowest BCUT2D eigenvalue weighted by Gasteiger charge is -2.17. The van der Waals surface area contributed by atoms with Crippen molar-refractivity contribution in [3.05, 3.63) is 40.4 Å². The van der Waals surface area contributed by atoms with Gasteiger partial charge in [-0.15, -0.1) is 0 Å². The van der Waals surface area contributed by atoms with Crippen molar-refractivity contribution in [2.45, 2.75) is 33.4 Å². The number of hydrogen-bond acceptors (Lipinski definition) is 7. The van der Waals surface area contributed by atoms with Crippen molar-refractivity contribution in [2.75, 3.05) is 13.2 Å². The van der Waals surface area contributed by atoms with Crippen LogP contribution in [0.15, 0.2) is 29.1 Å². The number of esters is 2. The Morgan fingerprint density at radius 2 is 1.70 bits per heavy atom. The second-order valence-electron chi connectivity index (χ2n) is 5.57. The van der Waals surface area contributed by atoms with Crippen LogP contribution in [0, 0.1) is 6.92 Å². The number of nitrogens with zero attached hydrogens (tertiary/aromatic N) is 2. The Labute approximate surface area is 155 Å². The maximum atomic E-state index is 12.6. The number of ether oxygens (including phenoxy) is 2. The first-order valence-corrected chi connectivity index (χ1v) is 8.47. The Bertz CT molecular complexity index is 903. The van der Waals surface area contributed by atoms with E-state index in [0.717, 1.165) is 0 Å². The molecule has 0 saturated carbocycles. The molecule has 9 nitrogen and oxygen atoms in total. The fourth-order valence-electron chi connectivity index (χ4n) is 2.48. The highest BCUT2D eigenvalue weighted by Crippen LogP contribution is 2.07. The number of carbonyl (C=O) groups excluding carboxylic acids is 3. The van der Waals surface area contributed by atoms with Crippen LogP contribution in [0.1, 0.15) is 19.7 Å². The largest absolute Gasteiger partial charge is 0.464 e. The van der Waals surface area contributed by atoms with Crippen LogP contribution in [0.3, 0.4) is 0 Å². The first kappa shape index (κ1) is 20.1. The highest BCUT2D eigenvalue weighted by Gasteiger charge is 2.31. The SMILES string of the molecule is CCOC(=O)C(NC(=O)Cn1c(C)nc2ccccc2c1=O)C(=O)OCC. The fourth-order valence-corrected chi connectivity index (χ4v) is 2.48. The van der Waals surface area contributed by atoms with E-state index in [1.165, 1.54) is 4.57 Å². The summed E-state index contributed by atoms with van der Waals surface area (Å²) in [4.78, 5) is 53.1. The monoisotopic (exact) mass is 375 g/mol. The van der Waals surface area contributed by atoms with Crippen molar-refractivity contribution in [1.29, 1.82) is 0 Å². The average molecular weight is 375 g/mol. The fraction of sp³-hybridized carbons (Fsp3) is 0.389. The molecule has 0 bridgehead atoms. The van der Waals surface area contributed by atoms with Crippen molar-refractivity contribution in [1.82, 2.24) is 14.9 Å². The zero-order valence-electron chi connectivity index (χ0n) is 15.4. The van der Waals surface area contributed by atoms with E-state index >= 15 is 0 Å². The summed E-state index contributed by atoms with van der Waals surface area (Å²) in [6.45, 7) is 4.42. The molecule has 1 amide bonds. The van der Waals surface area contributed by atoms with E-state index in [1.807, 2.05) is 0 Å². The lowest BCUT2D eigenvalue weighted by molar-refractivity contribution is -0.159. The molecule has 2 aromatic rings. The number of carbonyl (C=O) groups is 3. The molecule has 0 radical (unpaired) electrons. The van der Waals surface area contributed by atoms with Crippen LogP contribution in [-0.4, -0.2) is 46.7 Å². The van der Waals surface area contributed by atoms with Crippen molar-refractivity contribution in [3.63, 3.8) is 0 Å². The summed E-state index contributed by atoms with van der Waals surface area (Å²) in [6.07, 6.45) is 0. The van der Waals surface area contributed by atoms with Crippen molar-refractivity contribution in [3.8, 4) is 0 Å². The number of benzene rings is 1. The third-order valence-corrected chi connectivity index (χ3v) is 3.70. The number of para-hydroxylation sites is 1. The van der Waals surface area contributed by atoms with E-state index in [0.29, 0.717) is 16.7 Å². The molecule has 0 aliphatic carbocycles. The maximum Gasteiger partial charge on any atom is 0.340 e. The Kier molecular flexibility index (Phi) is 6.64. The minimum atomic E-state index is -1.60. The normalized spacial score (nSPS) is 10.7. The molecule has 27 heavy (non-hydrogen) atoms. The second kappa shape index (κ2) is 8.93. The third-order valence-electron chi connectivity index (χ3n) is 3.70. The van der Waals surface area contributed by atoms with Gasteiger partial charge in [-0.2, -0.15) is 0 Å². The lowest BCUT2D eigenvalue weighted by atomic mass is 10.2. The van der Waals surface area contributed by atoms with Gasteiger partial charge in [0.25, 0.3) is 5.56 Å². The molecular formula is C18H21N3O6. The number of nitrogens with one attached hydrogen (secondary N) is 1. The molecule has 0 atom stereocenters. The van der Waals surface area contributed by atoms with Crippen LogP contribution >= 0.6 is 0 Å². The topological polar surface area (TPSA) is 117 Å². The van der Waals surface area contributed by atoms with E-state index in [1.54, 1.807) is 45.0 Å². The summed E-state index contributed by atoms with van der Waals surface area (Å²) in [6, 6.07) is 5.17. The summed E-state index contributed by atoms with van der Waals surface area (Å²) < 4.78 is 10.8.